The smallest absolute Gasteiger partial charge is 0.295 e. The van der Waals surface area contributed by atoms with E-state index < -0.39 is 0 Å². The molecule has 0 amide bonds. The maximum atomic E-state index is 13.2. The van der Waals surface area contributed by atoms with E-state index in [1.807, 2.05) is 6.92 Å². The lowest BCUT2D eigenvalue weighted by Gasteiger charge is -2.11. The second-order valence-electron chi connectivity index (χ2n) is 7.33. The van der Waals surface area contributed by atoms with Crippen molar-refractivity contribution in [3.05, 3.63) is 48.1 Å². The van der Waals surface area contributed by atoms with Crippen LogP contribution in [0.5, 0.6) is 0 Å². The van der Waals surface area contributed by atoms with Crippen LogP contribution in [0, 0.1) is 12.8 Å². The van der Waals surface area contributed by atoms with Crippen LogP contribution in [0.2, 0.25) is 0 Å². The van der Waals surface area contributed by atoms with Gasteiger partial charge < -0.3 is 0 Å². The van der Waals surface area contributed by atoms with Crippen LogP contribution in [0.25, 0.3) is 10.2 Å². The molecule has 8 nitrogen and oxygen atoms in total. The van der Waals surface area contributed by atoms with Crippen LogP contribution in [0.15, 0.2) is 20.7 Å². The highest BCUT2D eigenvalue weighted by molar-refractivity contribution is 7.18. The number of thiophene rings is 1. The fourth-order valence-corrected chi connectivity index (χ4v) is 4.86. The first-order chi connectivity index (χ1) is 12.9. The quantitative estimate of drug-likeness (QED) is 0.696. The van der Waals surface area contributed by atoms with Crippen LogP contribution in [0.3, 0.4) is 0 Å². The molecule has 27 heavy (non-hydrogen) atoms. The third-order valence-corrected chi connectivity index (χ3v) is 6.69. The highest BCUT2D eigenvalue weighted by Gasteiger charge is 2.38. The van der Waals surface area contributed by atoms with Gasteiger partial charge in [-0.15, -0.1) is 11.3 Å². The summed E-state index contributed by atoms with van der Waals surface area (Å²) in [5.74, 6) is 0.355. The topological polar surface area (TPSA) is 94.7 Å². The van der Waals surface area contributed by atoms with Gasteiger partial charge in [-0.25, -0.2) is 14.3 Å². The van der Waals surface area contributed by atoms with Gasteiger partial charge in [0.1, 0.15) is 11.2 Å². The lowest BCUT2D eigenvalue weighted by atomic mass is 10.2. The molecule has 0 bridgehead atoms. The predicted octanol–water partition coefficient (Wildman–Crippen LogP) is 1.85. The zero-order valence-corrected chi connectivity index (χ0v) is 16.5. The number of hydrogen-bond acceptors (Lipinski definition) is 5. The van der Waals surface area contributed by atoms with Gasteiger partial charge in [0.05, 0.1) is 11.9 Å². The van der Waals surface area contributed by atoms with Gasteiger partial charge in [-0.3, -0.25) is 18.9 Å². The first-order valence-corrected chi connectivity index (χ1v) is 10.1. The fraction of sp³-hybridized carbons (Fsp3) is 0.556. The van der Waals surface area contributed by atoms with Crippen molar-refractivity contribution in [2.75, 3.05) is 0 Å². The van der Waals surface area contributed by atoms with E-state index in [9.17, 15) is 14.4 Å². The molecular formula is C18H23N5O3S. The van der Waals surface area contributed by atoms with E-state index in [1.54, 1.807) is 4.57 Å². The van der Waals surface area contributed by atoms with Crippen molar-refractivity contribution >= 4 is 21.6 Å². The van der Waals surface area contributed by atoms with Gasteiger partial charge in [0, 0.05) is 17.5 Å². The van der Waals surface area contributed by atoms with Crippen molar-refractivity contribution in [3.8, 4) is 0 Å². The average molecular weight is 389 g/mol. The number of nitrogens with zero attached hydrogens (tertiary/aromatic N) is 4. The summed E-state index contributed by atoms with van der Waals surface area (Å²) in [6.45, 7) is 6.91. The van der Waals surface area contributed by atoms with Crippen LogP contribution in [-0.2, 0) is 13.1 Å². The van der Waals surface area contributed by atoms with E-state index in [1.165, 1.54) is 26.9 Å². The number of aryl methyl sites for hydroxylation is 2. The number of fused-ring (bicyclic) bond motifs is 1. The summed E-state index contributed by atoms with van der Waals surface area (Å²) in [4.78, 5) is 42.2. The van der Waals surface area contributed by atoms with Crippen molar-refractivity contribution in [1.82, 2.24) is 23.9 Å². The molecule has 1 saturated carbocycles. The van der Waals surface area contributed by atoms with Gasteiger partial charge in [-0.2, -0.15) is 5.10 Å². The standard InChI is InChI=1S/C18H23N5O3S/c1-4-5-6-21-16-14(15(24)23(18(21)26)12-7-10(12)2)11(3)13(27-16)8-22-17(25)19-9-20-22/h9-10,12H,4-8H2,1-3H3,(H,19,20,25)/t10-,12-/m0/s1. The van der Waals surface area contributed by atoms with Gasteiger partial charge in [-0.1, -0.05) is 20.3 Å². The molecule has 1 aliphatic rings. The Morgan fingerprint density at radius 2 is 2.07 bits per heavy atom. The molecule has 2 atom stereocenters. The first kappa shape index (κ1) is 18.0. The Balaban J connectivity index is 1.94. The minimum Gasteiger partial charge on any atom is -0.295 e. The zero-order valence-electron chi connectivity index (χ0n) is 15.7. The van der Waals surface area contributed by atoms with Crippen LogP contribution < -0.4 is 16.9 Å². The minimum absolute atomic E-state index is 0.000939. The number of rotatable bonds is 6. The summed E-state index contributed by atoms with van der Waals surface area (Å²) in [7, 11) is 0. The van der Waals surface area contributed by atoms with Gasteiger partial charge in [0.2, 0.25) is 0 Å². The molecular weight excluding hydrogens is 366 g/mol. The number of H-pyrrole nitrogens is 1. The molecule has 0 unspecified atom stereocenters. The van der Waals surface area contributed by atoms with Crippen LogP contribution in [0.4, 0.5) is 0 Å². The Morgan fingerprint density at radius 3 is 2.67 bits per heavy atom. The molecule has 3 aromatic rings. The highest BCUT2D eigenvalue weighted by Crippen LogP contribution is 2.41. The Bertz CT molecular complexity index is 1180. The van der Waals surface area contributed by atoms with Crippen LogP contribution in [0.1, 0.15) is 49.6 Å². The van der Waals surface area contributed by atoms with Gasteiger partial charge in [-0.05, 0) is 31.2 Å². The Labute approximate surface area is 159 Å². The summed E-state index contributed by atoms with van der Waals surface area (Å²) >= 11 is 1.41. The summed E-state index contributed by atoms with van der Waals surface area (Å²) in [6.07, 6.45) is 4.06. The molecule has 0 radical (unpaired) electrons. The van der Waals surface area contributed by atoms with E-state index in [0.29, 0.717) is 22.7 Å². The summed E-state index contributed by atoms with van der Waals surface area (Å²) in [5, 5.41) is 4.61. The molecule has 1 N–H and O–H groups in total. The number of hydrogen-bond donors (Lipinski definition) is 1. The summed E-state index contributed by atoms with van der Waals surface area (Å²) < 4.78 is 4.53. The maximum Gasteiger partial charge on any atom is 0.343 e. The highest BCUT2D eigenvalue weighted by atomic mass is 32.1. The van der Waals surface area contributed by atoms with E-state index in [2.05, 4.69) is 23.9 Å². The third-order valence-electron chi connectivity index (χ3n) is 5.39. The summed E-state index contributed by atoms with van der Waals surface area (Å²) in [6, 6.07) is -0.000939. The fourth-order valence-electron chi connectivity index (χ4n) is 3.56. The monoisotopic (exact) mass is 389 g/mol. The molecule has 0 aliphatic heterocycles. The summed E-state index contributed by atoms with van der Waals surface area (Å²) in [5.41, 5.74) is 0.133. The molecule has 1 aliphatic carbocycles. The molecule has 4 rings (SSSR count). The Hall–Kier alpha value is -2.42. The van der Waals surface area contributed by atoms with Crippen molar-refractivity contribution in [2.24, 2.45) is 5.92 Å². The molecule has 1 fully saturated rings. The first-order valence-electron chi connectivity index (χ1n) is 9.31. The number of aromatic amines is 1. The molecule has 3 aromatic heterocycles. The third kappa shape index (κ3) is 2.90. The van der Waals surface area contributed by atoms with E-state index in [-0.39, 0.29) is 29.5 Å². The van der Waals surface area contributed by atoms with E-state index in [4.69, 9.17) is 0 Å². The van der Waals surface area contributed by atoms with E-state index in [0.717, 1.165) is 29.7 Å². The molecule has 0 saturated heterocycles. The van der Waals surface area contributed by atoms with Gasteiger partial charge in [0.25, 0.3) is 5.56 Å². The SMILES string of the molecule is CCCCn1c(=O)n([C@H]2C[C@@H]2C)c(=O)c2c(C)c(Cn3nc[nH]c3=O)sc21. The predicted molar refractivity (Wildman–Crippen MR) is 105 cm³/mol. The van der Waals surface area contributed by atoms with Crippen LogP contribution in [-0.4, -0.2) is 23.9 Å². The van der Waals surface area contributed by atoms with Crippen molar-refractivity contribution < 1.29 is 0 Å². The lowest BCUT2D eigenvalue weighted by molar-refractivity contribution is 0.547. The van der Waals surface area contributed by atoms with Gasteiger partial charge in [0.15, 0.2) is 0 Å². The number of unbranched alkanes of at least 4 members (excludes halogenated alkanes) is 1. The largest absolute Gasteiger partial charge is 0.343 e. The van der Waals surface area contributed by atoms with Gasteiger partial charge >= 0.3 is 11.4 Å². The maximum absolute atomic E-state index is 13.2. The van der Waals surface area contributed by atoms with Crippen molar-refractivity contribution in [1.29, 1.82) is 0 Å². The Kier molecular flexibility index (Phi) is 4.41. The van der Waals surface area contributed by atoms with Crippen molar-refractivity contribution in [2.45, 2.75) is 59.2 Å². The average Bonchev–Trinajstić information content (AvgIpc) is 3.04. The minimum atomic E-state index is -0.292. The van der Waals surface area contributed by atoms with E-state index >= 15 is 0 Å². The lowest BCUT2D eigenvalue weighted by Crippen LogP contribution is -2.39. The Morgan fingerprint density at radius 1 is 1.33 bits per heavy atom. The molecule has 0 aromatic carbocycles. The molecule has 9 heteroatoms. The van der Waals surface area contributed by atoms with Crippen molar-refractivity contribution in [3.63, 3.8) is 0 Å². The van der Waals surface area contributed by atoms with Crippen LogP contribution >= 0.6 is 11.3 Å². The number of nitrogens with one attached hydrogen (secondary N) is 1. The second kappa shape index (κ2) is 6.63. The molecule has 144 valence electrons. The number of aromatic nitrogens is 5. The molecule has 0 spiro atoms. The normalized spacial score (nSPS) is 19.1. The molecule has 3 heterocycles. The second-order valence-corrected chi connectivity index (χ2v) is 8.41. The zero-order chi connectivity index (χ0) is 19.3.